The fourth-order valence-corrected chi connectivity index (χ4v) is 3.34. The molecule has 0 amide bonds. The van der Waals surface area contributed by atoms with Crippen LogP contribution in [0.1, 0.15) is 49.8 Å². The molecule has 2 nitrogen and oxygen atoms in total. The SMILES string of the molecule is CCCCC[C@](OC)(c1ccccc1)[C@@H](OC)c1ccccc1. The number of unbranched alkanes of at least 4 members (excludes halogenated alkanes) is 2. The number of rotatable bonds is 9. The Labute approximate surface area is 140 Å². The Morgan fingerprint density at radius 1 is 0.870 bits per heavy atom. The molecule has 2 atom stereocenters. The highest BCUT2D eigenvalue weighted by atomic mass is 16.5. The van der Waals surface area contributed by atoms with Gasteiger partial charge in [-0.2, -0.15) is 0 Å². The number of methoxy groups -OCH3 is 2. The van der Waals surface area contributed by atoms with Gasteiger partial charge in [-0.1, -0.05) is 86.8 Å². The van der Waals surface area contributed by atoms with Crippen molar-refractivity contribution < 1.29 is 9.47 Å². The molecule has 0 bridgehead atoms. The fraction of sp³-hybridized carbons (Fsp3) is 0.429. The summed E-state index contributed by atoms with van der Waals surface area (Å²) in [4.78, 5) is 0. The van der Waals surface area contributed by atoms with Crippen LogP contribution >= 0.6 is 0 Å². The minimum absolute atomic E-state index is 0.132. The van der Waals surface area contributed by atoms with Crippen LogP contribution < -0.4 is 0 Å². The summed E-state index contributed by atoms with van der Waals surface area (Å²) < 4.78 is 12.1. The van der Waals surface area contributed by atoms with Crippen LogP contribution in [0.5, 0.6) is 0 Å². The summed E-state index contributed by atoms with van der Waals surface area (Å²) in [7, 11) is 3.57. The maximum absolute atomic E-state index is 6.15. The van der Waals surface area contributed by atoms with E-state index in [2.05, 4.69) is 55.5 Å². The molecule has 124 valence electrons. The van der Waals surface area contributed by atoms with Gasteiger partial charge < -0.3 is 9.47 Å². The topological polar surface area (TPSA) is 18.5 Å². The predicted octanol–water partition coefficient (Wildman–Crippen LogP) is 5.50. The third-order valence-electron chi connectivity index (χ3n) is 4.54. The zero-order valence-corrected chi connectivity index (χ0v) is 14.5. The molecule has 0 fully saturated rings. The second-order valence-electron chi connectivity index (χ2n) is 5.94. The second kappa shape index (κ2) is 8.85. The van der Waals surface area contributed by atoms with E-state index in [0.717, 1.165) is 18.4 Å². The molecule has 0 N–H and O–H groups in total. The summed E-state index contributed by atoms with van der Waals surface area (Å²) in [6.45, 7) is 2.22. The van der Waals surface area contributed by atoms with Crippen LogP contribution in [0, 0.1) is 0 Å². The van der Waals surface area contributed by atoms with Gasteiger partial charge in [0.15, 0.2) is 0 Å². The summed E-state index contributed by atoms with van der Waals surface area (Å²) in [6.07, 6.45) is 4.31. The molecule has 0 aliphatic carbocycles. The van der Waals surface area contributed by atoms with Gasteiger partial charge >= 0.3 is 0 Å². The molecule has 2 heteroatoms. The molecule has 0 heterocycles. The Hall–Kier alpha value is -1.64. The van der Waals surface area contributed by atoms with Gasteiger partial charge in [0.1, 0.15) is 11.7 Å². The lowest BCUT2D eigenvalue weighted by Gasteiger charge is -2.40. The molecule has 0 aliphatic rings. The van der Waals surface area contributed by atoms with Gasteiger partial charge in [0.05, 0.1) is 0 Å². The van der Waals surface area contributed by atoms with E-state index in [9.17, 15) is 0 Å². The molecule has 23 heavy (non-hydrogen) atoms. The van der Waals surface area contributed by atoms with Crippen molar-refractivity contribution in [1.29, 1.82) is 0 Å². The lowest BCUT2D eigenvalue weighted by molar-refractivity contribution is -0.132. The first kappa shape index (κ1) is 17.7. The summed E-state index contributed by atoms with van der Waals surface area (Å²) in [6, 6.07) is 20.8. The minimum Gasteiger partial charge on any atom is -0.373 e. The summed E-state index contributed by atoms with van der Waals surface area (Å²) in [5.41, 5.74) is 1.86. The first-order valence-electron chi connectivity index (χ1n) is 8.47. The van der Waals surface area contributed by atoms with Crippen molar-refractivity contribution in [2.75, 3.05) is 14.2 Å². The fourth-order valence-electron chi connectivity index (χ4n) is 3.34. The first-order valence-corrected chi connectivity index (χ1v) is 8.47. The quantitative estimate of drug-likeness (QED) is 0.569. The number of benzene rings is 2. The van der Waals surface area contributed by atoms with Crippen LogP contribution in [-0.2, 0) is 15.1 Å². The molecule has 0 saturated heterocycles. The second-order valence-corrected chi connectivity index (χ2v) is 5.94. The van der Waals surface area contributed by atoms with Gasteiger partial charge in [0.2, 0.25) is 0 Å². The molecule has 0 unspecified atom stereocenters. The maximum Gasteiger partial charge on any atom is 0.123 e. The molecule has 0 aliphatic heterocycles. The van der Waals surface area contributed by atoms with Crippen LogP contribution in [-0.4, -0.2) is 14.2 Å². The average Bonchev–Trinajstić information content (AvgIpc) is 2.63. The van der Waals surface area contributed by atoms with E-state index in [1.54, 1.807) is 14.2 Å². The Balaban J connectivity index is 2.45. The molecular formula is C21H28O2. The predicted molar refractivity (Wildman–Crippen MR) is 95.5 cm³/mol. The third kappa shape index (κ3) is 4.01. The zero-order chi connectivity index (χ0) is 16.5. The summed E-state index contributed by atoms with van der Waals surface area (Å²) in [5.74, 6) is 0. The van der Waals surface area contributed by atoms with E-state index in [1.165, 1.54) is 18.4 Å². The van der Waals surface area contributed by atoms with E-state index < -0.39 is 5.60 Å². The molecule has 2 aromatic rings. The van der Waals surface area contributed by atoms with Gasteiger partial charge in [0, 0.05) is 14.2 Å². The Morgan fingerprint density at radius 3 is 2.00 bits per heavy atom. The molecule has 0 saturated carbocycles. The van der Waals surface area contributed by atoms with Crippen molar-refractivity contribution in [3.8, 4) is 0 Å². The van der Waals surface area contributed by atoms with Gasteiger partial charge in [0.25, 0.3) is 0 Å². The van der Waals surface area contributed by atoms with Crippen molar-refractivity contribution in [3.05, 3.63) is 71.8 Å². The lowest BCUT2D eigenvalue weighted by Crippen LogP contribution is -2.37. The zero-order valence-electron chi connectivity index (χ0n) is 14.5. The van der Waals surface area contributed by atoms with Gasteiger partial charge in [-0.05, 0) is 17.5 Å². The highest BCUT2D eigenvalue weighted by molar-refractivity contribution is 5.30. The number of hydrogen-bond acceptors (Lipinski definition) is 2. The van der Waals surface area contributed by atoms with E-state index in [-0.39, 0.29) is 6.10 Å². The Kier molecular flexibility index (Phi) is 6.82. The van der Waals surface area contributed by atoms with Crippen LogP contribution in [0.15, 0.2) is 60.7 Å². The van der Waals surface area contributed by atoms with E-state index in [0.29, 0.717) is 0 Å². The van der Waals surface area contributed by atoms with Crippen LogP contribution in [0.4, 0.5) is 0 Å². The standard InChI is InChI=1S/C21H28O2/c1-4-5-12-17-21(23-3,19-15-10-7-11-16-19)20(22-2)18-13-8-6-9-14-18/h6-11,13-16,20H,4-5,12,17H2,1-3H3/t20-,21-/m0/s1. The summed E-state index contributed by atoms with van der Waals surface area (Å²) in [5, 5.41) is 0. The summed E-state index contributed by atoms with van der Waals surface area (Å²) >= 11 is 0. The first-order chi connectivity index (χ1) is 11.3. The highest BCUT2D eigenvalue weighted by Crippen LogP contribution is 2.44. The van der Waals surface area contributed by atoms with Crippen molar-refractivity contribution in [2.45, 2.75) is 44.3 Å². The number of ether oxygens (including phenoxy) is 2. The van der Waals surface area contributed by atoms with Crippen LogP contribution in [0.3, 0.4) is 0 Å². The van der Waals surface area contributed by atoms with Gasteiger partial charge in [-0.25, -0.2) is 0 Å². The van der Waals surface area contributed by atoms with Crippen molar-refractivity contribution in [1.82, 2.24) is 0 Å². The molecule has 0 radical (unpaired) electrons. The van der Waals surface area contributed by atoms with Crippen molar-refractivity contribution in [2.24, 2.45) is 0 Å². The van der Waals surface area contributed by atoms with Crippen molar-refractivity contribution >= 4 is 0 Å². The largest absolute Gasteiger partial charge is 0.373 e. The maximum atomic E-state index is 6.15. The Bertz CT molecular complexity index is 553. The third-order valence-corrected chi connectivity index (χ3v) is 4.54. The molecule has 0 spiro atoms. The average molecular weight is 312 g/mol. The van der Waals surface area contributed by atoms with Crippen LogP contribution in [0.25, 0.3) is 0 Å². The Morgan fingerprint density at radius 2 is 1.48 bits per heavy atom. The van der Waals surface area contributed by atoms with Crippen LogP contribution in [0.2, 0.25) is 0 Å². The highest BCUT2D eigenvalue weighted by Gasteiger charge is 2.41. The normalized spacial score (nSPS) is 15.1. The molecule has 2 aromatic carbocycles. The van der Waals surface area contributed by atoms with Crippen molar-refractivity contribution in [3.63, 3.8) is 0 Å². The smallest absolute Gasteiger partial charge is 0.123 e. The minimum atomic E-state index is -0.466. The number of hydrogen-bond donors (Lipinski definition) is 0. The monoisotopic (exact) mass is 312 g/mol. The molecule has 0 aromatic heterocycles. The van der Waals surface area contributed by atoms with Gasteiger partial charge in [-0.3, -0.25) is 0 Å². The lowest BCUT2D eigenvalue weighted by atomic mass is 9.80. The van der Waals surface area contributed by atoms with E-state index >= 15 is 0 Å². The molecular weight excluding hydrogens is 284 g/mol. The van der Waals surface area contributed by atoms with E-state index in [4.69, 9.17) is 9.47 Å². The molecule has 2 rings (SSSR count). The van der Waals surface area contributed by atoms with E-state index in [1.807, 2.05) is 12.1 Å². The van der Waals surface area contributed by atoms with Gasteiger partial charge in [-0.15, -0.1) is 0 Å².